The number of ether oxygens (including phenoxy) is 1. The minimum atomic E-state index is -0.171. The predicted octanol–water partition coefficient (Wildman–Crippen LogP) is 0.549. The Hall–Kier alpha value is -0.570. The second-order valence-electron chi connectivity index (χ2n) is 3.01. The SMILES string of the molecule is CC(=O)OCC1CCCNC1. The van der Waals surface area contributed by atoms with Crippen molar-refractivity contribution in [2.75, 3.05) is 19.7 Å². The van der Waals surface area contributed by atoms with E-state index in [1.54, 1.807) is 0 Å². The van der Waals surface area contributed by atoms with Crippen LogP contribution in [0.5, 0.6) is 0 Å². The van der Waals surface area contributed by atoms with Crippen LogP contribution >= 0.6 is 0 Å². The molecule has 0 aromatic rings. The molecule has 3 heteroatoms. The van der Waals surface area contributed by atoms with Gasteiger partial charge in [0.1, 0.15) is 0 Å². The van der Waals surface area contributed by atoms with Crippen molar-refractivity contribution >= 4 is 5.97 Å². The van der Waals surface area contributed by atoms with E-state index < -0.39 is 0 Å². The summed E-state index contributed by atoms with van der Waals surface area (Å²) in [5, 5.41) is 3.27. The van der Waals surface area contributed by atoms with Gasteiger partial charge in [0.25, 0.3) is 0 Å². The van der Waals surface area contributed by atoms with Gasteiger partial charge in [0, 0.05) is 19.4 Å². The van der Waals surface area contributed by atoms with Gasteiger partial charge in [-0.05, 0) is 19.4 Å². The maximum absolute atomic E-state index is 10.4. The Kier molecular flexibility index (Phi) is 3.36. The number of esters is 1. The first-order valence-electron chi connectivity index (χ1n) is 4.13. The van der Waals surface area contributed by atoms with Crippen LogP contribution in [0.15, 0.2) is 0 Å². The summed E-state index contributed by atoms with van der Waals surface area (Å²) in [6.07, 6.45) is 2.38. The summed E-state index contributed by atoms with van der Waals surface area (Å²) >= 11 is 0. The number of hydrogen-bond donors (Lipinski definition) is 1. The topological polar surface area (TPSA) is 38.3 Å². The molecule has 1 saturated heterocycles. The van der Waals surface area contributed by atoms with E-state index in [9.17, 15) is 4.79 Å². The van der Waals surface area contributed by atoms with E-state index in [2.05, 4.69) is 5.32 Å². The van der Waals surface area contributed by atoms with Crippen molar-refractivity contribution in [2.24, 2.45) is 5.92 Å². The van der Waals surface area contributed by atoms with Crippen molar-refractivity contribution in [3.8, 4) is 0 Å². The number of nitrogens with one attached hydrogen (secondary N) is 1. The molecular formula is C8H15NO2. The first-order valence-corrected chi connectivity index (χ1v) is 4.13. The Morgan fingerprint density at radius 2 is 2.55 bits per heavy atom. The highest BCUT2D eigenvalue weighted by atomic mass is 16.5. The van der Waals surface area contributed by atoms with Gasteiger partial charge >= 0.3 is 5.97 Å². The van der Waals surface area contributed by atoms with E-state index >= 15 is 0 Å². The molecule has 0 aromatic heterocycles. The van der Waals surface area contributed by atoms with Crippen LogP contribution in [0.2, 0.25) is 0 Å². The maximum atomic E-state index is 10.4. The van der Waals surface area contributed by atoms with Gasteiger partial charge in [-0.15, -0.1) is 0 Å². The Morgan fingerprint density at radius 1 is 1.73 bits per heavy atom. The van der Waals surface area contributed by atoms with E-state index in [0.29, 0.717) is 12.5 Å². The third kappa shape index (κ3) is 3.37. The van der Waals surface area contributed by atoms with Gasteiger partial charge in [0.2, 0.25) is 0 Å². The monoisotopic (exact) mass is 157 g/mol. The number of hydrogen-bond acceptors (Lipinski definition) is 3. The molecular weight excluding hydrogens is 142 g/mol. The molecule has 0 radical (unpaired) electrons. The molecule has 11 heavy (non-hydrogen) atoms. The summed E-state index contributed by atoms with van der Waals surface area (Å²) in [6, 6.07) is 0. The Bertz CT molecular complexity index is 130. The van der Waals surface area contributed by atoms with E-state index in [1.165, 1.54) is 19.8 Å². The molecule has 0 spiro atoms. The van der Waals surface area contributed by atoms with Gasteiger partial charge in [-0.1, -0.05) is 0 Å². The number of carbonyl (C=O) groups excluding carboxylic acids is 1. The van der Waals surface area contributed by atoms with E-state index in [1.807, 2.05) is 0 Å². The molecule has 0 aromatic carbocycles. The van der Waals surface area contributed by atoms with Crippen LogP contribution in [0.1, 0.15) is 19.8 Å². The molecule has 1 atom stereocenters. The first kappa shape index (κ1) is 8.53. The van der Waals surface area contributed by atoms with Crippen LogP contribution in [0.25, 0.3) is 0 Å². The van der Waals surface area contributed by atoms with Gasteiger partial charge in [-0.25, -0.2) is 0 Å². The molecule has 1 unspecified atom stereocenters. The summed E-state index contributed by atoms with van der Waals surface area (Å²) in [5.74, 6) is 0.364. The number of piperidine rings is 1. The van der Waals surface area contributed by atoms with E-state index in [4.69, 9.17) is 4.74 Å². The average molecular weight is 157 g/mol. The molecule has 0 bridgehead atoms. The molecule has 0 amide bonds. The first-order chi connectivity index (χ1) is 5.29. The zero-order chi connectivity index (χ0) is 8.10. The largest absolute Gasteiger partial charge is 0.466 e. The zero-order valence-electron chi connectivity index (χ0n) is 6.93. The third-order valence-corrected chi connectivity index (χ3v) is 1.92. The maximum Gasteiger partial charge on any atom is 0.302 e. The summed E-state index contributed by atoms with van der Waals surface area (Å²) in [5.41, 5.74) is 0. The highest BCUT2D eigenvalue weighted by molar-refractivity contribution is 5.65. The van der Waals surface area contributed by atoms with Gasteiger partial charge in [0.05, 0.1) is 6.61 Å². The fraction of sp³-hybridized carbons (Fsp3) is 0.875. The van der Waals surface area contributed by atoms with E-state index in [0.717, 1.165) is 13.1 Å². The lowest BCUT2D eigenvalue weighted by atomic mass is 10.0. The van der Waals surface area contributed by atoms with Crippen LogP contribution < -0.4 is 5.32 Å². The van der Waals surface area contributed by atoms with Crippen LogP contribution in [0.4, 0.5) is 0 Å². The predicted molar refractivity (Wildman–Crippen MR) is 42.2 cm³/mol. The smallest absolute Gasteiger partial charge is 0.302 e. The third-order valence-electron chi connectivity index (χ3n) is 1.92. The van der Waals surface area contributed by atoms with Crippen LogP contribution in [0.3, 0.4) is 0 Å². The van der Waals surface area contributed by atoms with Crippen LogP contribution in [0, 0.1) is 5.92 Å². The lowest BCUT2D eigenvalue weighted by Crippen LogP contribution is -2.32. The number of rotatable bonds is 2. The summed E-state index contributed by atoms with van der Waals surface area (Å²) in [4.78, 5) is 10.4. The summed E-state index contributed by atoms with van der Waals surface area (Å²) in [7, 11) is 0. The van der Waals surface area contributed by atoms with Crippen molar-refractivity contribution in [3.63, 3.8) is 0 Å². The minimum Gasteiger partial charge on any atom is -0.466 e. The molecule has 1 aliphatic rings. The van der Waals surface area contributed by atoms with Crippen molar-refractivity contribution in [1.82, 2.24) is 5.32 Å². The second-order valence-corrected chi connectivity index (χ2v) is 3.01. The molecule has 1 fully saturated rings. The van der Waals surface area contributed by atoms with E-state index in [-0.39, 0.29) is 5.97 Å². The Balaban J connectivity index is 2.09. The minimum absolute atomic E-state index is 0.171. The molecule has 64 valence electrons. The van der Waals surface area contributed by atoms with Gasteiger partial charge in [0.15, 0.2) is 0 Å². The van der Waals surface area contributed by atoms with Crippen LogP contribution in [-0.2, 0) is 9.53 Å². The number of carbonyl (C=O) groups is 1. The van der Waals surface area contributed by atoms with Gasteiger partial charge in [-0.2, -0.15) is 0 Å². The van der Waals surface area contributed by atoms with Gasteiger partial charge < -0.3 is 10.1 Å². The zero-order valence-corrected chi connectivity index (χ0v) is 6.93. The van der Waals surface area contributed by atoms with Crippen molar-refractivity contribution in [3.05, 3.63) is 0 Å². The molecule has 1 aliphatic heterocycles. The average Bonchev–Trinajstić information content (AvgIpc) is 2.03. The lowest BCUT2D eigenvalue weighted by molar-refractivity contribution is -0.142. The Morgan fingerprint density at radius 3 is 3.09 bits per heavy atom. The molecule has 3 nitrogen and oxygen atoms in total. The standard InChI is InChI=1S/C8H15NO2/c1-7(10)11-6-8-3-2-4-9-5-8/h8-9H,2-6H2,1H3. The highest BCUT2D eigenvalue weighted by Crippen LogP contribution is 2.09. The molecule has 0 aliphatic carbocycles. The fourth-order valence-electron chi connectivity index (χ4n) is 1.30. The van der Waals surface area contributed by atoms with Crippen LogP contribution in [-0.4, -0.2) is 25.7 Å². The quantitative estimate of drug-likeness (QED) is 0.595. The molecule has 1 heterocycles. The van der Waals surface area contributed by atoms with Crippen molar-refractivity contribution < 1.29 is 9.53 Å². The highest BCUT2D eigenvalue weighted by Gasteiger charge is 2.13. The van der Waals surface area contributed by atoms with Gasteiger partial charge in [-0.3, -0.25) is 4.79 Å². The van der Waals surface area contributed by atoms with Crippen molar-refractivity contribution in [2.45, 2.75) is 19.8 Å². The second kappa shape index (κ2) is 4.34. The molecule has 0 saturated carbocycles. The molecule has 1 N–H and O–H groups in total. The fourth-order valence-corrected chi connectivity index (χ4v) is 1.30. The molecule has 1 rings (SSSR count). The summed E-state index contributed by atoms with van der Waals surface area (Å²) < 4.78 is 4.90. The summed E-state index contributed by atoms with van der Waals surface area (Å²) in [6.45, 7) is 4.14. The van der Waals surface area contributed by atoms with Crippen molar-refractivity contribution in [1.29, 1.82) is 0 Å². The lowest BCUT2D eigenvalue weighted by Gasteiger charge is -2.21. The normalized spacial score (nSPS) is 24.6. The Labute approximate surface area is 67.1 Å².